The first-order chi connectivity index (χ1) is 10.8. The molecule has 1 aromatic rings. The lowest BCUT2D eigenvalue weighted by molar-refractivity contribution is -0.156. The van der Waals surface area contributed by atoms with E-state index in [1.165, 1.54) is 12.0 Å². The lowest BCUT2D eigenvalue weighted by Gasteiger charge is -2.31. The Hall–Kier alpha value is -2.24. The number of piperidine rings is 1. The van der Waals surface area contributed by atoms with Gasteiger partial charge in [0, 0.05) is 19.0 Å². The molecule has 23 heavy (non-hydrogen) atoms. The highest BCUT2D eigenvalue weighted by molar-refractivity contribution is 5.78. The maximum Gasteiger partial charge on any atom is 0.407 e. The number of carboxylic acid groups (broad SMARTS) is 1. The van der Waals surface area contributed by atoms with Crippen LogP contribution in [0.4, 0.5) is 4.79 Å². The number of hydrogen-bond acceptors (Lipinski definition) is 4. The van der Waals surface area contributed by atoms with Crippen LogP contribution in [0.3, 0.4) is 0 Å². The number of nitrogens with zero attached hydrogens (tertiary/aromatic N) is 1. The van der Waals surface area contributed by atoms with Gasteiger partial charge in [-0.1, -0.05) is 12.1 Å². The molecule has 1 aliphatic heterocycles. The minimum atomic E-state index is -1.08. The predicted octanol–water partition coefficient (Wildman–Crippen LogP) is 2.87. The molecular formula is C17H23NO5. The first-order valence-corrected chi connectivity index (χ1v) is 7.69. The zero-order valence-electron chi connectivity index (χ0n) is 13.7. The molecule has 1 aromatic carbocycles. The van der Waals surface area contributed by atoms with E-state index < -0.39 is 17.7 Å². The third kappa shape index (κ3) is 4.15. The van der Waals surface area contributed by atoms with Crippen molar-refractivity contribution in [2.75, 3.05) is 20.2 Å². The summed E-state index contributed by atoms with van der Waals surface area (Å²) in [6.07, 6.45) is 0.900. The summed E-state index contributed by atoms with van der Waals surface area (Å²) >= 11 is 0. The van der Waals surface area contributed by atoms with Crippen molar-refractivity contribution in [3.63, 3.8) is 0 Å². The number of amides is 1. The van der Waals surface area contributed by atoms with Crippen molar-refractivity contribution in [1.82, 2.24) is 4.90 Å². The molecule has 1 fully saturated rings. The summed E-state index contributed by atoms with van der Waals surface area (Å²) in [6.45, 7) is 4.37. The normalized spacial score (nSPS) is 18.4. The fourth-order valence-electron chi connectivity index (χ4n) is 2.84. The zero-order valence-corrected chi connectivity index (χ0v) is 13.7. The third-order valence-electron chi connectivity index (χ3n) is 4.07. The minimum Gasteiger partial charge on any atom is -0.476 e. The van der Waals surface area contributed by atoms with Gasteiger partial charge in [-0.3, -0.25) is 0 Å². The molecule has 0 aliphatic carbocycles. The van der Waals surface area contributed by atoms with E-state index in [0.717, 1.165) is 18.4 Å². The van der Waals surface area contributed by atoms with Crippen molar-refractivity contribution in [1.29, 1.82) is 0 Å². The van der Waals surface area contributed by atoms with Crippen LogP contribution in [0, 0.1) is 0 Å². The fraction of sp³-hybridized carbons (Fsp3) is 0.529. The van der Waals surface area contributed by atoms with E-state index in [-0.39, 0.29) is 5.92 Å². The number of benzene rings is 1. The summed E-state index contributed by atoms with van der Waals surface area (Å²) in [6, 6.07) is 7.48. The lowest BCUT2D eigenvalue weighted by Crippen LogP contribution is -2.39. The smallest absolute Gasteiger partial charge is 0.407 e. The van der Waals surface area contributed by atoms with Crippen molar-refractivity contribution < 1.29 is 24.2 Å². The van der Waals surface area contributed by atoms with Crippen LogP contribution in [0.2, 0.25) is 0 Å². The molecule has 0 bridgehead atoms. The van der Waals surface area contributed by atoms with Crippen LogP contribution in [-0.2, 0) is 9.53 Å². The van der Waals surface area contributed by atoms with Crippen LogP contribution in [-0.4, -0.2) is 47.9 Å². The van der Waals surface area contributed by atoms with E-state index in [1.807, 2.05) is 18.2 Å². The molecule has 0 spiro atoms. The van der Waals surface area contributed by atoms with Crippen LogP contribution in [0.25, 0.3) is 0 Å². The minimum absolute atomic E-state index is 0.143. The number of esters is 1. The van der Waals surface area contributed by atoms with Crippen molar-refractivity contribution in [3.8, 4) is 5.75 Å². The van der Waals surface area contributed by atoms with E-state index in [0.29, 0.717) is 18.8 Å². The third-order valence-corrected chi connectivity index (χ3v) is 4.07. The summed E-state index contributed by atoms with van der Waals surface area (Å²) in [4.78, 5) is 24.3. The zero-order chi connectivity index (χ0) is 17.0. The Bertz CT molecular complexity index is 584. The molecule has 2 rings (SSSR count). The molecule has 126 valence electrons. The maximum absolute atomic E-state index is 11.7. The summed E-state index contributed by atoms with van der Waals surface area (Å²) in [5.74, 6) is 0.271. The monoisotopic (exact) mass is 321 g/mol. The van der Waals surface area contributed by atoms with E-state index in [1.54, 1.807) is 19.9 Å². The van der Waals surface area contributed by atoms with Crippen molar-refractivity contribution in [2.24, 2.45) is 0 Å². The molecule has 1 heterocycles. The first kappa shape index (κ1) is 17.1. The second kappa shape index (κ2) is 6.89. The summed E-state index contributed by atoms with van der Waals surface area (Å²) in [5.41, 5.74) is -0.0540. The van der Waals surface area contributed by atoms with Gasteiger partial charge in [-0.05, 0) is 44.4 Å². The second-order valence-corrected chi connectivity index (χ2v) is 6.24. The van der Waals surface area contributed by atoms with Gasteiger partial charge in [0.1, 0.15) is 5.75 Å². The van der Waals surface area contributed by atoms with Crippen LogP contribution >= 0.6 is 0 Å². The highest BCUT2D eigenvalue weighted by atomic mass is 16.6. The number of ether oxygens (including phenoxy) is 2. The average Bonchev–Trinajstić information content (AvgIpc) is 2.54. The number of likely N-dealkylation sites (tertiary alicyclic amines) is 1. The lowest BCUT2D eigenvalue weighted by atomic mass is 9.90. The summed E-state index contributed by atoms with van der Waals surface area (Å²) < 4.78 is 10.5. The molecule has 0 radical (unpaired) electrons. The van der Waals surface area contributed by atoms with Gasteiger partial charge >= 0.3 is 12.1 Å². The molecule has 6 heteroatoms. The topological polar surface area (TPSA) is 76.1 Å². The molecule has 0 unspecified atom stereocenters. The maximum atomic E-state index is 11.7. The van der Waals surface area contributed by atoms with E-state index in [2.05, 4.69) is 0 Å². The van der Waals surface area contributed by atoms with Gasteiger partial charge in [0.2, 0.25) is 0 Å². The predicted molar refractivity (Wildman–Crippen MR) is 84.7 cm³/mol. The van der Waals surface area contributed by atoms with Crippen molar-refractivity contribution >= 4 is 12.1 Å². The number of rotatable bonds is 4. The Labute approximate surface area is 136 Å². The van der Waals surface area contributed by atoms with Gasteiger partial charge in [-0.25, -0.2) is 9.59 Å². The highest BCUT2D eigenvalue weighted by Gasteiger charge is 2.31. The number of carbonyl (C=O) groups is 2. The Morgan fingerprint density at radius 1 is 1.35 bits per heavy atom. The molecule has 0 saturated carbocycles. The Morgan fingerprint density at radius 2 is 2.09 bits per heavy atom. The molecule has 1 saturated heterocycles. The number of hydrogen-bond donors (Lipinski definition) is 1. The Kier molecular flexibility index (Phi) is 5.13. The fourth-order valence-corrected chi connectivity index (χ4v) is 2.84. The SMILES string of the molecule is COC(=O)C(C)(C)Oc1cccc([C@@H]2CCCN(C(=O)O)C2)c1. The van der Waals surface area contributed by atoms with Gasteiger partial charge in [0.25, 0.3) is 0 Å². The Balaban J connectivity index is 2.13. The van der Waals surface area contributed by atoms with E-state index in [9.17, 15) is 9.59 Å². The van der Waals surface area contributed by atoms with Gasteiger partial charge in [0.05, 0.1) is 7.11 Å². The largest absolute Gasteiger partial charge is 0.476 e. The molecule has 1 aliphatic rings. The van der Waals surface area contributed by atoms with Gasteiger partial charge in [-0.15, -0.1) is 0 Å². The summed E-state index contributed by atoms with van der Waals surface area (Å²) in [7, 11) is 1.33. The number of carbonyl (C=O) groups excluding carboxylic acids is 1. The second-order valence-electron chi connectivity index (χ2n) is 6.24. The van der Waals surface area contributed by atoms with Crippen LogP contribution < -0.4 is 4.74 Å². The molecule has 0 aromatic heterocycles. The van der Waals surface area contributed by atoms with E-state index >= 15 is 0 Å². The van der Waals surface area contributed by atoms with Crippen LogP contribution in [0.5, 0.6) is 5.75 Å². The van der Waals surface area contributed by atoms with E-state index in [4.69, 9.17) is 14.6 Å². The number of methoxy groups -OCH3 is 1. The van der Waals surface area contributed by atoms with Crippen LogP contribution in [0.15, 0.2) is 24.3 Å². The van der Waals surface area contributed by atoms with Crippen molar-refractivity contribution in [3.05, 3.63) is 29.8 Å². The quantitative estimate of drug-likeness (QED) is 0.863. The molecule has 1 N–H and O–H groups in total. The molecule has 6 nitrogen and oxygen atoms in total. The molecular weight excluding hydrogens is 298 g/mol. The first-order valence-electron chi connectivity index (χ1n) is 7.69. The molecule has 1 amide bonds. The average molecular weight is 321 g/mol. The van der Waals surface area contributed by atoms with Crippen molar-refractivity contribution in [2.45, 2.75) is 38.2 Å². The standard InChI is InChI=1S/C17H23NO5/c1-17(2,15(19)22-3)23-14-8-4-6-12(10-14)13-7-5-9-18(11-13)16(20)21/h4,6,8,10,13H,5,7,9,11H2,1-3H3,(H,20,21)/t13-/m1/s1. The van der Waals surface area contributed by atoms with Gasteiger partial charge in [0.15, 0.2) is 5.60 Å². The van der Waals surface area contributed by atoms with Crippen LogP contribution in [0.1, 0.15) is 38.2 Å². The van der Waals surface area contributed by atoms with Gasteiger partial charge < -0.3 is 19.5 Å². The van der Waals surface area contributed by atoms with Gasteiger partial charge in [-0.2, -0.15) is 0 Å². The Morgan fingerprint density at radius 3 is 2.74 bits per heavy atom. The molecule has 1 atom stereocenters. The highest BCUT2D eigenvalue weighted by Crippen LogP contribution is 2.30. The summed E-state index contributed by atoms with van der Waals surface area (Å²) in [5, 5.41) is 9.15.